The van der Waals surface area contributed by atoms with Gasteiger partial charge in [-0.15, -0.1) is 0 Å². The highest BCUT2D eigenvalue weighted by Gasteiger charge is 2.23. The van der Waals surface area contributed by atoms with E-state index >= 15 is 0 Å². The average Bonchev–Trinajstić information content (AvgIpc) is 2.77. The number of benzene rings is 1. The number of carbonyl (C=O) groups is 1. The molecule has 1 aliphatic rings. The maximum Gasteiger partial charge on any atom is 0.227 e. The monoisotopic (exact) mass is 429 g/mol. The topological polar surface area (TPSA) is 70.1 Å². The fourth-order valence-corrected chi connectivity index (χ4v) is 3.63. The molecule has 0 atom stereocenters. The van der Waals surface area contributed by atoms with Crippen LogP contribution in [0, 0.1) is 0 Å². The van der Waals surface area contributed by atoms with Crippen LogP contribution in [-0.2, 0) is 17.8 Å². The number of hydrogen-bond donors (Lipinski definition) is 1. The Bertz CT molecular complexity index is 881. The molecule has 1 saturated heterocycles. The number of aliphatic imine (C=N–C) groups is 1. The van der Waals surface area contributed by atoms with Gasteiger partial charge in [-0.3, -0.25) is 4.79 Å². The van der Waals surface area contributed by atoms with Crippen molar-refractivity contribution in [2.45, 2.75) is 19.9 Å². The molecule has 1 aromatic heterocycles. The Morgan fingerprint density at radius 2 is 1.97 bits per heavy atom. The number of piperazine rings is 1. The molecule has 160 valence electrons. The van der Waals surface area contributed by atoms with E-state index in [0.717, 1.165) is 36.7 Å². The summed E-state index contributed by atoms with van der Waals surface area (Å²) in [5.41, 5.74) is 1.88. The SMILES string of the molecule is CCNC(=NCc1cccnc1OC)N1CCN(C(=O)Cc2cccc(Cl)c2)CC1. The van der Waals surface area contributed by atoms with Gasteiger partial charge in [0.15, 0.2) is 5.96 Å². The van der Waals surface area contributed by atoms with E-state index < -0.39 is 0 Å². The zero-order valence-corrected chi connectivity index (χ0v) is 18.2. The van der Waals surface area contributed by atoms with E-state index in [4.69, 9.17) is 21.3 Å². The van der Waals surface area contributed by atoms with Gasteiger partial charge in [-0.2, -0.15) is 0 Å². The molecule has 8 heteroatoms. The van der Waals surface area contributed by atoms with Crippen LogP contribution in [-0.4, -0.2) is 66.5 Å². The Hall–Kier alpha value is -2.80. The summed E-state index contributed by atoms with van der Waals surface area (Å²) in [6.45, 7) is 6.10. The van der Waals surface area contributed by atoms with Gasteiger partial charge in [0, 0.05) is 49.5 Å². The van der Waals surface area contributed by atoms with E-state index in [9.17, 15) is 4.79 Å². The third kappa shape index (κ3) is 5.86. The van der Waals surface area contributed by atoms with Crippen LogP contribution >= 0.6 is 11.6 Å². The molecule has 0 radical (unpaired) electrons. The van der Waals surface area contributed by atoms with E-state index in [-0.39, 0.29) is 5.91 Å². The lowest BCUT2D eigenvalue weighted by molar-refractivity contribution is -0.131. The number of aromatic nitrogens is 1. The highest BCUT2D eigenvalue weighted by Crippen LogP contribution is 2.15. The summed E-state index contributed by atoms with van der Waals surface area (Å²) in [4.78, 5) is 25.7. The van der Waals surface area contributed by atoms with Crippen molar-refractivity contribution in [2.75, 3.05) is 39.8 Å². The minimum atomic E-state index is 0.124. The molecule has 3 rings (SSSR count). The van der Waals surface area contributed by atoms with E-state index in [1.165, 1.54) is 0 Å². The molecule has 1 N–H and O–H groups in total. The van der Waals surface area contributed by atoms with Crippen LogP contribution in [0.25, 0.3) is 0 Å². The number of nitrogens with one attached hydrogen (secondary N) is 1. The van der Waals surface area contributed by atoms with Crippen molar-refractivity contribution in [1.82, 2.24) is 20.1 Å². The van der Waals surface area contributed by atoms with Gasteiger partial charge in [0.1, 0.15) is 0 Å². The first-order valence-electron chi connectivity index (χ1n) is 10.1. The number of carbonyl (C=O) groups excluding carboxylic acids is 1. The number of halogens is 1. The normalized spacial score (nSPS) is 14.6. The van der Waals surface area contributed by atoms with Gasteiger partial charge in [0.2, 0.25) is 11.8 Å². The highest BCUT2D eigenvalue weighted by molar-refractivity contribution is 6.30. The van der Waals surface area contributed by atoms with Gasteiger partial charge in [0.25, 0.3) is 0 Å². The van der Waals surface area contributed by atoms with Crippen LogP contribution in [0.4, 0.5) is 0 Å². The van der Waals surface area contributed by atoms with E-state index in [0.29, 0.717) is 37.0 Å². The van der Waals surface area contributed by atoms with Crippen LogP contribution < -0.4 is 10.1 Å². The molecular formula is C22H28ClN5O2. The molecule has 7 nitrogen and oxygen atoms in total. The molecule has 1 amide bonds. The summed E-state index contributed by atoms with van der Waals surface area (Å²) in [5, 5.41) is 4.00. The number of ether oxygens (including phenoxy) is 1. The van der Waals surface area contributed by atoms with Gasteiger partial charge in [-0.25, -0.2) is 9.98 Å². The summed E-state index contributed by atoms with van der Waals surface area (Å²) >= 11 is 6.03. The van der Waals surface area contributed by atoms with Crippen LogP contribution in [0.15, 0.2) is 47.6 Å². The Morgan fingerprint density at radius 3 is 2.67 bits per heavy atom. The predicted molar refractivity (Wildman–Crippen MR) is 119 cm³/mol. The summed E-state index contributed by atoms with van der Waals surface area (Å²) in [6, 6.07) is 11.3. The van der Waals surface area contributed by atoms with Crippen molar-refractivity contribution in [3.63, 3.8) is 0 Å². The van der Waals surface area contributed by atoms with Crippen LogP contribution in [0.5, 0.6) is 5.88 Å². The van der Waals surface area contributed by atoms with E-state index in [1.807, 2.05) is 48.2 Å². The Kier molecular flexibility index (Phi) is 7.90. The smallest absolute Gasteiger partial charge is 0.227 e. The summed E-state index contributed by atoms with van der Waals surface area (Å²) < 4.78 is 5.31. The molecule has 30 heavy (non-hydrogen) atoms. The minimum Gasteiger partial charge on any atom is -0.481 e. The lowest BCUT2D eigenvalue weighted by Crippen LogP contribution is -2.54. The van der Waals surface area contributed by atoms with Crippen LogP contribution in [0.3, 0.4) is 0 Å². The average molecular weight is 430 g/mol. The van der Waals surface area contributed by atoms with Gasteiger partial charge in [-0.1, -0.05) is 29.8 Å². The lowest BCUT2D eigenvalue weighted by atomic mass is 10.1. The largest absolute Gasteiger partial charge is 0.481 e. The van der Waals surface area contributed by atoms with Crippen molar-refractivity contribution in [3.05, 3.63) is 58.7 Å². The van der Waals surface area contributed by atoms with Crippen molar-refractivity contribution in [1.29, 1.82) is 0 Å². The maximum absolute atomic E-state index is 12.7. The first-order valence-corrected chi connectivity index (χ1v) is 10.5. The second kappa shape index (κ2) is 10.8. The fourth-order valence-electron chi connectivity index (χ4n) is 3.42. The minimum absolute atomic E-state index is 0.124. The molecule has 0 saturated carbocycles. The fraction of sp³-hybridized carbons (Fsp3) is 0.409. The molecule has 2 aromatic rings. The molecule has 0 bridgehead atoms. The second-order valence-corrected chi connectivity index (χ2v) is 7.45. The molecule has 0 aliphatic carbocycles. The summed E-state index contributed by atoms with van der Waals surface area (Å²) in [5.74, 6) is 1.55. The predicted octanol–water partition coefficient (Wildman–Crippen LogP) is 2.60. The Balaban J connectivity index is 1.58. The van der Waals surface area contributed by atoms with Crippen molar-refractivity contribution in [2.24, 2.45) is 4.99 Å². The number of nitrogens with zero attached hydrogens (tertiary/aromatic N) is 4. The highest BCUT2D eigenvalue weighted by atomic mass is 35.5. The standard InChI is InChI=1S/C22H28ClN5O2/c1-3-24-22(26-16-18-7-5-9-25-21(18)30-2)28-12-10-27(11-13-28)20(29)15-17-6-4-8-19(23)14-17/h4-9,14H,3,10-13,15-16H2,1-2H3,(H,24,26). The Labute approximate surface area is 182 Å². The molecule has 1 aliphatic heterocycles. The van der Waals surface area contributed by atoms with Gasteiger partial charge in [-0.05, 0) is 30.7 Å². The lowest BCUT2D eigenvalue weighted by Gasteiger charge is -2.36. The quantitative estimate of drug-likeness (QED) is 0.564. The molecule has 0 spiro atoms. The zero-order valence-electron chi connectivity index (χ0n) is 17.5. The third-order valence-corrected chi connectivity index (χ3v) is 5.19. The number of methoxy groups -OCH3 is 1. The van der Waals surface area contributed by atoms with Crippen LogP contribution in [0.2, 0.25) is 5.02 Å². The molecular weight excluding hydrogens is 402 g/mol. The van der Waals surface area contributed by atoms with Crippen molar-refractivity contribution >= 4 is 23.5 Å². The molecule has 1 aromatic carbocycles. The first kappa shape index (κ1) is 21.9. The van der Waals surface area contributed by atoms with Crippen molar-refractivity contribution < 1.29 is 9.53 Å². The first-order chi connectivity index (χ1) is 14.6. The van der Waals surface area contributed by atoms with Crippen molar-refractivity contribution in [3.8, 4) is 5.88 Å². The van der Waals surface area contributed by atoms with Gasteiger partial charge < -0.3 is 19.9 Å². The summed E-state index contributed by atoms with van der Waals surface area (Å²) in [6.07, 6.45) is 2.08. The number of hydrogen-bond acceptors (Lipinski definition) is 4. The Morgan fingerprint density at radius 1 is 1.20 bits per heavy atom. The molecule has 2 heterocycles. The van der Waals surface area contributed by atoms with Gasteiger partial charge >= 0.3 is 0 Å². The van der Waals surface area contributed by atoms with Gasteiger partial charge in [0.05, 0.1) is 20.1 Å². The number of pyridine rings is 1. The molecule has 1 fully saturated rings. The number of rotatable bonds is 6. The second-order valence-electron chi connectivity index (χ2n) is 7.02. The van der Waals surface area contributed by atoms with Crippen LogP contribution in [0.1, 0.15) is 18.1 Å². The van der Waals surface area contributed by atoms with E-state index in [2.05, 4.69) is 15.2 Å². The number of amides is 1. The maximum atomic E-state index is 12.7. The number of guanidine groups is 1. The third-order valence-electron chi connectivity index (χ3n) is 4.95. The zero-order chi connectivity index (χ0) is 21.3. The summed E-state index contributed by atoms with van der Waals surface area (Å²) in [7, 11) is 1.61. The molecule has 0 unspecified atom stereocenters. The van der Waals surface area contributed by atoms with E-state index in [1.54, 1.807) is 13.3 Å².